The molecule has 4 N–H and O–H groups in total. The first kappa shape index (κ1) is 38.7. The summed E-state index contributed by atoms with van der Waals surface area (Å²) in [5.41, 5.74) is 5.50. The van der Waals surface area contributed by atoms with Gasteiger partial charge in [0.25, 0.3) is 11.8 Å². The number of rotatable bonds is 15. The van der Waals surface area contributed by atoms with Crippen molar-refractivity contribution < 1.29 is 43.6 Å². The predicted octanol–water partition coefficient (Wildman–Crippen LogP) is 3.72. The van der Waals surface area contributed by atoms with E-state index in [1.165, 1.54) is 7.11 Å². The first-order valence-electron chi connectivity index (χ1n) is 17.1. The van der Waals surface area contributed by atoms with E-state index in [2.05, 4.69) is 10.6 Å². The maximum atomic E-state index is 12.8. The first-order valence-corrected chi connectivity index (χ1v) is 17.9. The second-order valence-electron chi connectivity index (χ2n) is 12.5. The van der Waals surface area contributed by atoms with Crippen molar-refractivity contribution in [3.8, 4) is 44.9 Å². The molecule has 0 saturated heterocycles. The molecule has 2 amide bonds. The maximum Gasteiger partial charge on any atom is 0.325 e. The summed E-state index contributed by atoms with van der Waals surface area (Å²) in [6.07, 6.45) is 0.623. The predicted molar refractivity (Wildman–Crippen MR) is 204 cm³/mol. The lowest BCUT2D eigenvalue weighted by atomic mass is 9.95. The Morgan fingerprint density at radius 1 is 0.778 bits per heavy atom. The zero-order valence-corrected chi connectivity index (χ0v) is 30.7. The Labute approximate surface area is 321 Å². The molecule has 282 valence electrons. The molecule has 2 atom stereocenters. The van der Waals surface area contributed by atoms with Crippen LogP contribution in [0.15, 0.2) is 72.8 Å². The number of amides is 2. The molecule has 54 heavy (non-hydrogen) atoms. The number of halogens is 2. The van der Waals surface area contributed by atoms with Crippen molar-refractivity contribution in [3.63, 3.8) is 0 Å². The van der Waals surface area contributed by atoms with Gasteiger partial charge in [-0.05, 0) is 35.4 Å². The van der Waals surface area contributed by atoms with Crippen LogP contribution in [0.25, 0.3) is 33.4 Å². The molecule has 2 aliphatic rings. The van der Waals surface area contributed by atoms with E-state index in [-0.39, 0.29) is 51.3 Å². The fourth-order valence-electron chi connectivity index (χ4n) is 6.39. The van der Waals surface area contributed by atoms with Crippen molar-refractivity contribution in [2.45, 2.75) is 12.1 Å². The largest absolute Gasteiger partial charge is 0.482 e. The lowest BCUT2D eigenvalue weighted by Gasteiger charge is -2.30. The van der Waals surface area contributed by atoms with Crippen molar-refractivity contribution >= 4 is 58.6 Å². The Morgan fingerprint density at radius 3 is 1.70 bits per heavy atom. The molecule has 4 aromatic carbocycles. The van der Waals surface area contributed by atoms with Crippen LogP contribution in [0.1, 0.15) is 0 Å². The Balaban J connectivity index is 1.24. The van der Waals surface area contributed by atoms with Crippen LogP contribution in [0.3, 0.4) is 0 Å². The number of carbonyl (C=O) groups is 4. The number of hydrogen-bond acceptors (Lipinski definition) is 11. The van der Waals surface area contributed by atoms with Crippen LogP contribution in [0.4, 0.5) is 11.4 Å². The summed E-state index contributed by atoms with van der Waals surface area (Å²) >= 11 is 14.2. The SMILES string of the molecule is COC(=O)C(CO)NCCN1C(=O)COc2cc(-c3cccc(-c4cccc(-c5ccc6c(c5)OCC(=O)N6CCNC(C=O)CO)c4Cl)c3Cl)ccc21. The van der Waals surface area contributed by atoms with Crippen LogP contribution in [-0.4, -0.2) is 106 Å². The lowest BCUT2D eigenvalue weighted by molar-refractivity contribution is -0.144. The number of carbonyl (C=O) groups excluding carboxylic acids is 4. The van der Waals surface area contributed by atoms with E-state index in [0.717, 1.165) is 22.3 Å². The summed E-state index contributed by atoms with van der Waals surface area (Å²) in [4.78, 5) is 51.5. The monoisotopic (exact) mass is 776 g/mol. The number of nitrogens with zero attached hydrogens (tertiary/aromatic N) is 2. The quantitative estimate of drug-likeness (QED) is 0.103. The maximum absolute atomic E-state index is 12.8. The van der Waals surface area contributed by atoms with E-state index in [0.29, 0.717) is 56.9 Å². The highest BCUT2D eigenvalue weighted by Crippen LogP contribution is 2.45. The number of ether oxygens (including phenoxy) is 3. The summed E-state index contributed by atoms with van der Waals surface area (Å²) < 4.78 is 16.3. The van der Waals surface area contributed by atoms with Gasteiger partial charge < -0.3 is 49.7 Å². The molecule has 2 heterocycles. The van der Waals surface area contributed by atoms with Gasteiger partial charge in [0.2, 0.25) is 0 Å². The van der Waals surface area contributed by atoms with Crippen molar-refractivity contribution in [1.29, 1.82) is 0 Å². The average molecular weight is 778 g/mol. The second kappa shape index (κ2) is 17.4. The van der Waals surface area contributed by atoms with Crippen LogP contribution in [0, 0.1) is 0 Å². The number of esters is 1. The van der Waals surface area contributed by atoms with Gasteiger partial charge in [0.15, 0.2) is 13.2 Å². The summed E-state index contributed by atoms with van der Waals surface area (Å²) in [6.45, 7) is -0.0674. The zero-order chi connectivity index (χ0) is 38.4. The van der Waals surface area contributed by atoms with Crippen molar-refractivity contribution in [2.75, 3.05) is 69.5 Å². The minimum absolute atomic E-state index is 0.148. The standard InChI is InChI=1S/C39H38Cl2N4O9/c1-52-39(51)30(20-48)43-13-15-45-32-11-9-24(17-34(32)54-22-36(45)50)27-5-3-7-29(38(27)41)28-6-2-4-26(37(28)40)23-8-10-31-33(16-23)53-21-35(49)44(31)14-12-42-25(18-46)19-47/h2-11,16-18,25,30,42-43,47-48H,12-15,19-22H2,1H3. The highest BCUT2D eigenvalue weighted by atomic mass is 35.5. The van der Waals surface area contributed by atoms with Crippen LogP contribution >= 0.6 is 23.2 Å². The van der Waals surface area contributed by atoms with Crippen LogP contribution < -0.4 is 29.9 Å². The molecule has 2 unspecified atom stereocenters. The van der Waals surface area contributed by atoms with Gasteiger partial charge in [-0.15, -0.1) is 0 Å². The van der Waals surface area contributed by atoms with E-state index in [4.69, 9.17) is 37.4 Å². The summed E-state index contributed by atoms with van der Waals surface area (Å²) in [6, 6.07) is 20.6. The molecule has 0 radical (unpaired) electrons. The number of methoxy groups -OCH3 is 1. The molecular formula is C39H38Cl2N4O9. The second-order valence-corrected chi connectivity index (χ2v) is 13.2. The third-order valence-electron chi connectivity index (χ3n) is 9.21. The Hall–Kier alpha value is -5.02. The molecule has 0 bridgehead atoms. The number of aldehydes is 1. The normalized spacial score (nSPS) is 14.8. The van der Waals surface area contributed by atoms with E-state index in [1.807, 2.05) is 60.7 Å². The number of fused-ring (bicyclic) bond motifs is 2. The topological polar surface area (TPSA) is 167 Å². The summed E-state index contributed by atoms with van der Waals surface area (Å²) in [7, 11) is 1.24. The number of aliphatic hydroxyl groups excluding tert-OH is 2. The number of nitrogens with one attached hydrogen (secondary N) is 2. The Morgan fingerprint density at radius 2 is 1.26 bits per heavy atom. The van der Waals surface area contributed by atoms with E-state index < -0.39 is 24.7 Å². The van der Waals surface area contributed by atoms with Crippen LogP contribution in [-0.2, 0) is 23.9 Å². The number of hydrogen-bond donors (Lipinski definition) is 4. The average Bonchev–Trinajstić information content (AvgIpc) is 3.19. The Kier molecular flexibility index (Phi) is 12.5. The first-order chi connectivity index (χ1) is 26.2. The molecule has 13 nitrogen and oxygen atoms in total. The van der Waals surface area contributed by atoms with Gasteiger partial charge in [-0.3, -0.25) is 14.4 Å². The molecule has 0 fully saturated rings. The van der Waals surface area contributed by atoms with Gasteiger partial charge in [-0.1, -0.05) is 71.7 Å². The van der Waals surface area contributed by atoms with E-state index in [9.17, 15) is 29.4 Å². The number of benzene rings is 4. The minimum Gasteiger partial charge on any atom is -0.482 e. The third kappa shape index (κ3) is 8.06. The molecule has 6 rings (SSSR count). The molecule has 0 aromatic heterocycles. The summed E-state index contributed by atoms with van der Waals surface area (Å²) in [5.74, 6) is -0.0805. The third-order valence-corrected chi connectivity index (χ3v) is 10.0. The molecule has 0 aliphatic carbocycles. The fraction of sp³-hybridized carbons (Fsp3) is 0.282. The van der Waals surface area contributed by atoms with Crippen LogP contribution in [0.5, 0.6) is 11.5 Å². The van der Waals surface area contributed by atoms with Gasteiger partial charge in [0.1, 0.15) is 23.8 Å². The minimum atomic E-state index is -0.905. The zero-order valence-electron chi connectivity index (χ0n) is 29.2. The summed E-state index contributed by atoms with van der Waals surface area (Å²) in [5, 5.41) is 25.5. The number of aliphatic hydroxyl groups is 2. The molecule has 15 heteroatoms. The Bertz CT molecular complexity index is 2060. The molecule has 4 aromatic rings. The highest BCUT2D eigenvalue weighted by molar-refractivity contribution is 6.39. The molecule has 0 spiro atoms. The van der Waals surface area contributed by atoms with Gasteiger partial charge >= 0.3 is 5.97 Å². The molecular weight excluding hydrogens is 739 g/mol. The van der Waals surface area contributed by atoms with Gasteiger partial charge in [-0.25, -0.2) is 0 Å². The van der Waals surface area contributed by atoms with Crippen LogP contribution in [0.2, 0.25) is 10.0 Å². The number of anilines is 2. The highest BCUT2D eigenvalue weighted by Gasteiger charge is 2.28. The van der Waals surface area contributed by atoms with Crippen molar-refractivity contribution in [3.05, 3.63) is 82.8 Å². The molecule has 2 aliphatic heterocycles. The van der Waals surface area contributed by atoms with Crippen molar-refractivity contribution in [2.24, 2.45) is 0 Å². The fourth-order valence-corrected chi connectivity index (χ4v) is 7.07. The van der Waals surface area contributed by atoms with Gasteiger partial charge in [0.05, 0.1) is 47.8 Å². The van der Waals surface area contributed by atoms with E-state index >= 15 is 0 Å². The van der Waals surface area contributed by atoms with Crippen molar-refractivity contribution in [1.82, 2.24) is 10.6 Å². The van der Waals surface area contributed by atoms with Gasteiger partial charge in [0, 0.05) is 48.4 Å². The molecule has 0 saturated carbocycles. The van der Waals surface area contributed by atoms with E-state index in [1.54, 1.807) is 21.9 Å². The smallest absolute Gasteiger partial charge is 0.325 e. The lowest BCUT2D eigenvalue weighted by Crippen LogP contribution is -2.47. The van der Waals surface area contributed by atoms with Gasteiger partial charge in [-0.2, -0.15) is 0 Å².